The summed E-state index contributed by atoms with van der Waals surface area (Å²) in [6.07, 6.45) is 5.37. The maximum absolute atomic E-state index is 14.5. The number of cyclic esters (lactones) is 1. The fourth-order valence-electron chi connectivity index (χ4n) is 8.68. The first-order valence-corrected chi connectivity index (χ1v) is 22.0. The van der Waals surface area contributed by atoms with Gasteiger partial charge in [-0.15, -0.1) is 11.3 Å². The minimum atomic E-state index is -1.05. The lowest BCUT2D eigenvalue weighted by Crippen LogP contribution is -2.64. The molecule has 64 heavy (non-hydrogen) atoms. The Balaban J connectivity index is 0.00000272. The van der Waals surface area contributed by atoms with E-state index < -0.39 is 41.3 Å². The van der Waals surface area contributed by atoms with E-state index in [1.807, 2.05) is 37.7 Å². The number of carbonyl (C=O) groups is 4. The van der Waals surface area contributed by atoms with Gasteiger partial charge in [-0.2, -0.15) is 54.0 Å². The smallest absolute Gasteiger partial charge is 0.324 e. The first kappa shape index (κ1) is 54.8. The molecule has 0 aliphatic carbocycles. The predicted octanol–water partition coefficient (Wildman–Crippen LogP) is 5.87. The summed E-state index contributed by atoms with van der Waals surface area (Å²) in [5.41, 5.74) is 9.23. The number of hydrazine groups is 1. The van der Waals surface area contributed by atoms with Crippen molar-refractivity contribution in [2.24, 2.45) is 11.3 Å². The first-order chi connectivity index (χ1) is 28.6. The van der Waals surface area contributed by atoms with E-state index in [0.717, 1.165) is 39.1 Å². The van der Waals surface area contributed by atoms with E-state index in [1.165, 1.54) is 21.2 Å². The van der Waals surface area contributed by atoms with Gasteiger partial charge in [0.05, 0.1) is 47.9 Å². The lowest BCUT2D eigenvalue weighted by atomic mass is 9.84. The molecule has 7 heterocycles. The summed E-state index contributed by atoms with van der Waals surface area (Å²) in [4.78, 5) is 74.0. The van der Waals surface area contributed by atoms with Crippen LogP contribution in [0.25, 0.3) is 33.5 Å². The molecular weight excluding hydrogens is 911 g/mol. The third kappa shape index (κ3) is 11.3. The summed E-state index contributed by atoms with van der Waals surface area (Å²) in [5, 5.41) is 8.02. The second kappa shape index (κ2) is 22.8. The number of aryl methyl sites for hydroxylation is 1. The van der Waals surface area contributed by atoms with Gasteiger partial charge in [0.25, 0.3) is 5.91 Å². The average molecular weight is 978 g/mol. The van der Waals surface area contributed by atoms with Crippen LogP contribution in [-0.4, -0.2) is 123 Å². The van der Waals surface area contributed by atoms with Gasteiger partial charge in [0.2, 0.25) is 5.91 Å². The Kier molecular flexibility index (Phi) is 19.5. The number of nitrogens with zero attached hydrogens (tertiary/aromatic N) is 7. The van der Waals surface area contributed by atoms with Crippen LogP contribution in [0, 0.1) is 11.3 Å². The molecule has 15 nitrogen and oxygen atoms in total. The van der Waals surface area contributed by atoms with Crippen molar-refractivity contribution in [1.82, 2.24) is 45.1 Å². The predicted molar refractivity (Wildman–Crippen MR) is 271 cm³/mol. The highest BCUT2D eigenvalue weighted by Crippen LogP contribution is 2.41. The second-order valence-corrected chi connectivity index (χ2v) is 18.7. The van der Waals surface area contributed by atoms with Gasteiger partial charge in [0.1, 0.15) is 23.8 Å². The number of thiazole rings is 1. The molecule has 3 aliphatic heterocycles. The van der Waals surface area contributed by atoms with Crippen molar-refractivity contribution in [1.29, 1.82) is 0 Å². The summed E-state index contributed by atoms with van der Waals surface area (Å²) in [6, 6.07) is 3.30. The van der Waals surface area contributed by atoms with E-state index in [-0.39, 0.29) is 91.0 Å². The molecule has 3 aliphatic rings. The third-order valence-corrected chi connectivity index (χ3v) is 12.7. The molecule has 4 amide bonds. The summed E-state index contributed by atoms with van der Waals surface area (Å²) in [5.74, 6) is -1.38. The molecule has 4 aromatic heterocycles. The van der Waals surface area contributed by atoms with Gasteiger partial charge in [-0.25, -0.2) is 20.2 Å². The number of fused-ring (bicyclic) bond motifs is 6. The Bertz CT molecular complexity index is 2260. The molecule has 2 N–H and O–H groups in total. The number of amides is 4. The van der Waals surface area contributed by atoms with Crippen molar-refractivity contribution >= 4 is 100 Å². The van der Waals surface area contributed by atoms with Gasteiger partial charge >= 0.3 is 12.0 Å². The van der Waals surface area contributed by atoms with E-state index in [1.54, 1.807) is 19.1 Å². The molecule has 0 unspecified atom stereocenters. The van der Waals surface area contributed by atoms with E-state index in [9.17, 15) is 19.2 Å². The minimum absolute atomic E-state index is 0. The first-order valence-electron chi connectivity index (χ1n) is 21.1. The number of pyridine rings is 2. The SMILES string of the molecule is CCn1c(-c2cccnc2C(C)C)c2c3cc(cnc31)-c1csc(n1)C[C@H](NC(=O)[C@H](C(C)C)N(C)C(=O)N1CC(OC)C1)C(=O)N1CCC[C@H](N1)C(=O)OCC(C)(C)C2.S.S.S.S. The number of esters is 1. The largest absolute Gasteiger partial charge is 0.464 e. The quantitative estimate of drug-likeness (QED) is 0.204. The molecule has 3 atom stereocenters. The van der Waals surface area contributed by atoms with Crippen LogP contribution in [0.15, 0.2) is 36.0 Å². The minimum Gasteiger partial charge on any atom is -0.464 e. The molecule has 2 saturated heterocycles. The molecule has 0 spiro atoms. The highest BCUT2D eigenvalue weighted by Gasteiger charge is 2.40. The van der Waals surface area contributed by atoms with Gasteiger partial charge in [-0.05, 0) is 61.8 Å². The fourth-order valence-corrected chi connectivity index (χ4v) is 9.53. The molecule has 2 fully saturated rings. The van der Waals surface area contributed by atoms with Crippen LogP contribution < -0.4 is 10.7 Å². The van der Waals surface area contributed by atoms with Gasteiger partial charge in [-0.1, -0.05) is 41.5 Å². The Morgan fingerprint density at radius 1 is 1.11 bits per heavy atom. The number of nitrogens with one attached hydrogen (secondary N) is 2. The van der Waals surface area contributed by atoms with E-state index >= 15 is 0 Å². The molecule has 4 aromatic rings. The number of likely N-dealkylation sites (N-methyl/N-ethyl adjacent to an activating group) is 1. The van der Waals surface area contributed by atoms with Gasteiger partial charge in [0.15, 0.2) is 0 Å². The number of likely N-dealkylation sites (tertiary alicyclic amines) is 1. The lowest BCUT2D eigenvalue weighted by molar-refractivity contribution is -0.155. The van der Waals surface area contributed by atoms with Crippen molar-refractivity contribution in [2.75, 3.05) is 40.4 Å². The topological polar surface area (TPSA) is 164 Å². The maximum atomic E-state index is 14.5. The van der Waals surface area contributed by atoms with Crippen LogP contribution in [0.1, 0.15) is 83.5 Å². The number of urea groups is 1. The number of aromatic nitrogens is 4. The number of carbonyl (C=O) groups excluding carboxylic acids is 4. The van der Waals surface area contributed by atoms with Crippen LogP contribution in [0.3, 0.4) is 0 Å². The molecule has 0 radical (unpaired) electrons. The Hall–Kier alpha value is -3.53. The zero-order valence-corrected chi connectivity index (χ0v) is 43.1. The van der Waals surface area contributed by atoms with Crippen LogP contribution in [-0.2, 0) is 43.2 Å². The van der Waals surface area contributed by atoms with Gasteiger partial charge in [0, 0.05) is 73.4 Å². The van der Waals surface area contributed by atoms with Crippen molar-refractivity contribution in [2.45, 2.75) is 111 Å². The highest BCUT2D eigenvalue weighted by molar-refractivity contribution is 7.59. The average Bonchev–Trinajstić information content (AvgIpc) is 3.80. The molecular formula is C44H67N9O6S5. The van der Waals surface area contributed by atoms with Gasteiger partial charge in [-0.3, -0.25) is 24.4 Å². The van der Waals surface area contributed by atoms with Crippen molar-refractivity contribution in [3.63, 3.8) is 0 Å². The number of methoxy groups -OCH3 is 1. The van der Waals surface area contributed by atoms with Crippen LogP contribution in [0.2, 0.25) is 0 Å². The molecule has 0 aromatic carbocycles. The second-order valence-electron chi connectivity index (χ2n) is 17.8. The highest BCUT2D eigenvalue weighted by atomic mass is 32.1. The van der Waals surface area contributed by atoms with Crippen molar-refractivity contribution in [3.8, 4) is 22.5 Å². The zero-order valence-electron chi connectivity index (χ0n) is 38.3. The standard InChI is InChI=1S/C44H59N9O6S.4H2S/c1-10-52-38(29-13-11-15-45-36(29)25(2)3)31-19-44(6,7)24-59-42(56)32-14-12-16-53(49-32)41(55)33(18-35-47-34(23-60-35)27-17-30(31)39(52)46-20-27)48-40(54)37(26(4)5)50(8)43(57)51-21-28(22-51)58-9;;;;/h11,13,15,17,20,23,25-26,28,32-33,37,49H,10,12,14,16,18-19,21-22,24H2,1-9H3,(H,48,54);4*1H2/t32-,33-,37-;;;;/m0..../s1. The summed E-state index contributed by atoms with van der Waals surface area (Å²) >= 11 is 1.40. The van der Waals surface area contributed by atoms with E-state index in [0.29, 0.717) is 56.1 Å². The zero-order chi connectivity index (χ0) is 43.0. The van der Waals surface area contributed by atoms with Crippen LogP contribution in [0.4, 0.5) is 4.79 Å². The maximum Gasteiger partial charge on any atom is 0.324 e. The van der Waals surface area contributed by atoms with E-state index in [4.69, 9.17) is 24.4 Å². The normalized spacial score (nSPS) is 19.2. The van der Waals surface area contributed by atoms with Crippen molar-refractivity contribution in [3.05, 3.63) is 52.2 Å². The van der Waals surface area contributed by atoms with Crippen LogP contribution in [0.5, 0.6) is 0 Å². The Morgan fingerprint density at radius 2 is 1.83 bits per heavy atom. The van der Waals surface area contributed by atoms with Crippen molar-refractivity contribution < 1.29 is 28.7 Å². The molecule has 0 saturated carbocycles. The number of hydrogen-bond donors (Lipinski definition) is 2. The molecule has 6 bridgehead atoms. The summed E-state index contributed by atoms with van der Waals surface area (Å²) < 4.78 is 13.7. The summed E-state index contributed by atoms with van der Waals surface area (Å²) in [6.45, 7) is 16.4. The lowest BCUT2D eigenvalue weighted by Gasteiger charge is -2.42. The summed E-state index contributed by atoms with van der Waals surface area (Å²) in [7, 11) is 3.23. The fraction of sp³-hybridized carbons (Fsp3) is 0.568. The third-order valence-electron chi connectivity index (χ3n) is 11.9. The molecule has 20 heteroatoms. The van der Waals surface area contributed by atoms with Crippen LogP contribution >= 0.6 is 65.3 Å². The Morgan fingerprint density at radius 3 is 2.48 bits per heavy atom. The number of ether oxygens (including phenoxy) is 2. The molecule has 7 rings (SSSR count). The van der Waals surface area contributed by atoms with Gasteiger partial charge < -0.3 is 29.2 Å². The van der Waals surface area contributed by atoms with E-state index in [2.05, 4.69) is 62.1 Å². The Labute approximate surface area is 409 Å². The number of rotatable bonds is 8. The molecule has 354 valence electrons. The number of hydrogen-bond acceptors (Lipinski definition) is 11. The monoisotopic (exact) mass is 977 g/mol.